The lowest BCUT2D eigenvalue weighted by molar-refractivity contribution is -0.124. The number of amides is 1. The van der Waals surface area contributed by atoms with Crippen molar-refractivity contribution in [2.75, 3.05) is 6.61 Å². The van der Waals surface area contributed by atoms with Crippen LogP contribution in [0, 0.1) is 0 Å². The first-order valence-corrected chi connectivity index (χ1v) is 3.11. The van der Waals surface area contributed by atoms with Crippen LogP contribution in [0.15, 0.2) is 0 Å². The molecule has 0 aliphatic heterocycles. The van der Waals surface area contributed by atoms with Crippen molar-refractivity contribution in [3.8, 4) is 0 Å². The quantitative estimate of drug-likeness (QED) is 0.561. The summed E-state index contributed by atoms with van der Waals surface area (Å²) in [5.41, 5.74) is 0. The van der Waals surface area contributed by atoms with E-state index in [9.17, 15) is 4.79 Å². The lowest BCUT2D eigenvalue weighted by Crippen LogP contribution is -2.33. The summed E-state index contributed by atoms with van der Waals surface area (Å²) in [6.45, 7) is 3.46. The van der Waals surface area contributed by atoms with Crippen molar-refractivity contribution in [1.29, 1.82) is 0 Å². The topological polar surface area (TPSA) is 49.3 Å². The molecular weight excluding hydrogens is 118 g/mol. The van der Waals surface area contributed by atoms with Gasteiger partial charge in [-0.2, -0.15) is 0 Å². The molecule has 3 heteroatoms. The zero-order valence-electron chi connectivity index (χ0n) is 5.85. The van der Waals surface area contributed by atoms with E-state index in [4.69, 9.17) is 5.11 Å². The van der Waals surface area contributed by atoms with Gasteiger partial charge < -0.3 is 10.4 Å². The largest absolute Gasteiger partial charge is 0.387 e. The second-order valence-electron chi connectivity index (χ2n) is 2.03. The summed E-state index contributed by atoms with van der Waals surface area (Å²) < 4.78 is 0. The number of hydrogen-bond acceptors (Lipinski definition) is 2. The molecule has 0 heterocycles. The Hall–Kier alpha value is -0.570. The highest BCUT2D eigenvalue weighted by molar-refractivity contribution is 5.77. The molecule has 0 rings (SSSR count). The van der Waals surface area contributed by atoms with E-state index in [-0.39, 0.29) is 11.9 Å². The van der Waals surface area contributed by atoms with E-state index >= 15 is 0 Å². The first-order valence-electron chi connectivity index (χ1n) is 3.11. The second-order valence-corrected chi connectivity index (χ2v) is 2.03. The van der Waals surface area contributed by atoms with Crippen molar-refractivity contribution < 1.29 is 9.90 Å². The van der Waals surface area contributed by atoms with Gasteiger partial charge in [0.1, 0.15) is 6.61 Å². The fraction of sp³-hybridized carbons (Fsp3) is 0.833. The lowest BCUT2D eigenvalue weighted by atomic mass is 10.2. The molecule has 0 aromatic heterocycles. The van der Waals surface area contributed by atoms with Crippen LogP contribution in [0.2, 0.25) is 0 Å². The molecule has 54 valence electrons. The molecule has 0 radical (unpaired) electrons. The molecule has 1 atom stereocenters. The van der Waals surface area contributed by atoms with Gasteiger partial charge in [0.25, 0.3) is 0 Å². The van der Waals surface area contributed by atoms with E-state index < -0.39 is 6.61 Å². The molecule has 0 spiro atoms. The molecule has 0 saturated heterocycles. The second kappa shape index (κ2) is 4.32. The fourth-order valence-corrected chi connectivity index (χ4v) is 0.423. The maximum Gasteiger partial charge on any atom is 0.245 e. The minimum Gasteiger partial charge on any atom is -0.387 e. The van der Waals surface area contributed by atoms with Crippen LogP contribution in [0.25, 0.3) is 0 Å². The van der Waals surface area contributed by atoms with Gasteiger partial charge in [-0.15, -0.1) is 0 Å². The SMILES string of the molecule is CCC(C)NC(=O)CO. The summed E-state index contributed by atoms with van der Waals surface area (Å²) in [5.74, 6) is -0.302. The van der Waals surface area contributed by atoms with E-state index in [1.807, 2.05) is 13.8 Å². The summed E-state index contributed by atoms with van der Waals surface area (Å²) >= 11 is 0. The van der Waals surface area contributed by atoms with Crippen LogP contribution in [0.1, 0.15) is 20.3 Å². The molecule has 2 N–H and O–H groups in total. The number of carbonyl (C=O) groups excluding carboxylic acids is 1. The van der Waals surface area contributed by atoms with Gasteiger partial charge in [-0.25, -0.2) is 0 Å². The van der Waals surface area contributed by atoms with E-state index in [1.165, 1.54) is 0 Å². The summed E-state index contributed by atoms with van der Waals surface area (Å²) in [6.07, 6.45) is 0.895. The smallest absolute Gasteiger partial charge is 0.245 e. The van der Waals surface area contributed by atoms with Crippen molar-refractivity contribution in [1.82, 2.24) is 5.32 Å². The molecule has 0 aromatic carbocycles. The summed E-state index contributed by atoms with van der Waals surface area (Å²) in [5, 5.41) is 10.9. The maximum atomic E-state index is 10.4. The first kappa shape index (κ1) is 8.43. The molecule has 1 amide bonds. The lowest BCUT2D eigenvalue weighted by Gasteiger charge is -2.08. The normalized spacial score (nSPS) is 12.8. The Kier molecular flexibility index (Phi) is 4.05. The summed E-state index contributed by atoms with van der Waals surface area (Å²) in [6, 6.07) is 0.171. The van der Waals surface area contributed by atoms with Crippen LogP contribution >= 0.6 is 0 Å². The number of hydrogen-bond donors (Lipinski definition) is 2. The molecule has 1 unspecified atom stereocenters. The zero-order chi connectivity index (χ0) is 7.28. The average Bonchev–Trinajstić information content (AvgIpc) is 1.87. The van der Waals surface area contributed by atoms with Gasteiger partial charge in [-0.3, -0.25) is 4.79 Å². The third-order valence-corrected chi connectivity index (χ3v) is 1.16. The summed E-state index contributed by atoms with van der Waals surface area (Å²) in [4.78, 5) is 10.4. The van der Waals surface area contributed by atoms with Crippen LogP contribution in [0.4, 0.5) is 0 Å². The third kappa shape index (κ3) is 3.97. The van der Waals surface area contributed by atoms with Crippen LogP contribution in [0.3, 0.4) is 0 Å². The Morgan fingerprint density at radius 1 is 1.78 bits per heavy atom. The molecule has 9 heavy (non-hydrogen) atoms. The van der Waals surface area contributed by atoms with Crippen molar-refractivity contribution >= 4 is 5.91 Å². The van der Waals surface area contributed by atoms with Gasteiger partial charge in [0, 0.05) is 6.04 Å². The standard InChI is InChI=1S/C6H13NO2/c1-3-5(2)7-6(9)4-8/h5,8H,3-4H2,1-2H3,(H,7,9). The minimum atomic E-state index is -0.412. The fourth-order valence-electron chi connectivity index (χ4n) is 0.423. The molecular formula is C6H13NO2. The average molecular weight is 131 g/mol. The predicted octanol–water partition coefficient (Wildman–Crippen LogP) is -0.107. The predicted molar refractivity (Wildman–Crippen MR) is 35.0 cm³/mol. The van der Waals surface area contributed by atoms with E-state index in [0.29, 0.717) is 0 Å². The van der Waals surface area contributed by atoms with Crippen LogP contribution in [-0.2, 0) is 4.79 Å². The monoisotopic (exact) mass is 131 g/mol. The van der Waals surface area contributed by atoms with Gasteiger partial charge in [-0.05, 0) is 13.3 Å². The highest BCUT2D eigenvalue weighted by Gasteiger charge is 2.01. The van der Waals surface area contributed by atoms with Crippen LogP contribution in [-0.4, -0.2) is 23.7 Å². The molecule has 0 aromatic rings. The van der Waals surface area contributed by atoms with Gasteiger partial charge in [-0.1, -0.05) is 6.92 Å². The van der Waals surface area contributed by atoms with Crippen LogP contribution < -0.4 is 5.32 Å². The van der Waals surface area contributed by atoms with Crippen molar-refractivity contribution in [3.05, 3.63) is 0 Å². The van der Waals surface area contributed by atoms with Crippen LogP contribution in [0.5, 0.6) is 0 Å². The Morgan fingerprint density at radius 2 is 2.33 bits per heavy atom. The Morgan fingerprint density at radius 3 is 2.67 bits per heavy atom. The van der Waals surface area contributed by atoms with Gasteiger partial charge in [0.2, 0.25) is 5.91 Å². The number of aliphatic hydroxyl groups excluding tert-OH is 1. The Bertz CT molecular complexity index is 93.1. The van der Waals surface area contributed by atoms with Crippen molar-refractivity contribution in [2.45, 2.75) is 26.3 Å². The van der Waals surface area contributed by atoms with Gasteiger partial charge >= 0.3 is 0 Å². The minimum absolute atomic E-state index is 0.171. The maximum absolute atomic E-state index is 10.4. The molecule has 0 aliphatic carbocycles. The number of nitrogens with one attached hydrogen (secondary N) is 1. The molecule has 0 bridgehead atoms. The first-order chi connectivity index (χ1) is 4.20. The zero-order valence-corrected chi connectivity index (χ0v) is 5.85. The Balaban J connectivity index is 3.34. The highest BCUT2D eigenvalue weighted by Crippen LogP contribution is 1.85. The van der Waals surface area contributed by atoms with E-state index in [2.05, 4.69) is 5.32 Å². The number of aliphatic hydroxyl groups is 1. The summed E-state index contributed by atoms with van der Waals surface area (Å²) in [7, 11) is 0. The van der Waals surface area contributed by atoms with Crippen molar-refractivity contribution in [3.63, 3.8) is 0 Å². The van der Waals surface area contributed by atoms with Crippen molar-refractivity contribution in [2.24, 2.45) is 0 Å². The molecule has 0 saturated carbocycles. The molecule has 0 fully saturated rings. The van der Waals surface area contributed by atoms with Gasteiger partial charge in [0.05, 0.1) is 0 Å². The molecule has 3 nitrogen and oxygen atoms in total. The number of rotatable bonds is 3. The molecule has 0 aliphatic rings. The van der Waals surface area contributed by atoms with Gasteiger partial charge in [0.15, 0.2) is 0 Å². The Labute approximate surface area is 55.1 Å². The number of carbonyl (C=O) groups is 1. The highest BCUT2D eigenvalue weighted by atomic mass is 16.3. The third-order valence-electron chi connectivity index (χ3n) is 1.16. The van der Waals surface area contributed by atoms with E-state index in [0.717, 1.165) is 6.42 Å². The van der Waals surface area contributed by atoms with E-state index in [1.54, 1.807) is 0 Å².